The molecular weight excluding hydrogens is 158 g/mol. The third-order valence-electron chi connectivity index (χ3n) is 1.50. The molecule has 2 rings (SSSR count). The SMILES string of the molecule is NNc1nc2ccc(O)cc2o1. The lowest BCUT2D eigenvalue weighted by Gasteiger charge is -1.87. The highest BCUT2D eigenvalue weighted by molar-refractivity contribution is 5.75. The van der Waals surface area contributed by atoms with Crippen molar-refractivity contribution in [1.29, 1.82) is 0 Å². The molecule has 0 aliphatic rings. The highest BCUT2D eigenvalue weighted by Gasteiger charge is 2.03. The van der Waals surface area contributed by atoms with Crippen LogP contribution >= 0.6 is 0 Å². The highest BCUT2D eigenvalue weighted by atomic mass is 16.4. The number of aromatic hydroxyl groups is 1. The van der Waals surface area contributed by atoms with Gasteiger partial charge in [-0.15, -0.1) is 0 Å². The summed E-state index contributed by atoms with van der Waals surface area (Å²) in [6.07, 6.45) is 0. The van der Waals surface area contributed by atoms with Crippen molar-refractivity contribution in [2.45, 2.75) is 0 Å². The molecule has 1 aromatic heterocycles. The largest absolute Gasteiger partial charge is 0.508 e. The summed E-state index contributed by atoms with van der Waals surface area (Å²) in [5.41, 5.74) is 3.43. The first-order valence-electron chi connectivity index (χ1n) is 3.36. The molecule has 0 saturated carbocycles. The normalized spacial score (nSPS) is 10.4. The van der Waals surface area contributed by atoms with Crippen molar-refractivity contribution in [2.24, 2.45) is 5.84 Å². The van der Waals surface area contributed by atoms with Crippen LogP contribution in [0.15, 0.2) is 22.6 Å². The molecule has 1 heterocycles. The third-order valence-corrected chi connectivity index (χ3v) is 1.50. The summed E-state index contributed by atoms with van der Waals surface area (Å²) in [6.45, 7) is 0. The van der Waals surface area contributed by atoms with Crippen LogP contribution in [0.25, 0.3) is 11.1 Å². The van der Waals surface area contributed by atoms with Gasteiger partial charge in [0.15, 0.2) is 5.58 Å². The Morgan fingerprint density at radius 1 is 1.50 bits per heavy atom. The number of nitrogens with two attached hydrogens (primary N) is 1. The van der Waals surface area contributed by atoms with E-state index in [1.165, 1.54) is 12.1 Å². The van der Waals surface area contributed by atoms with E-state index in [0.29, 0.717) is 11.1 Å². The molecule has 0 spiro atoms. The maximum atomic E-state index is 9.07. The molecular formula is C7H7N3O2. The standard InChI is InChI=1S/C7H7N3O2/c8-10-7-9-5-2-1-4(11)3-6(5)12-7/h1-3,11H,8H2,(H,9,10). The molecule has 0 fully saturated rings. The average Bonchev–Trinajstić information content (AvgIpc) is 2.46. The summed E-state index contributed by atoms with van der Waals surface area (Å²) in [4.78, 5) is 3.96. The predicted molar refractivity (Wildman–Crippen MR) is 43.5 cm³/mol. The molecule has 0 saturated heterocycles. The van der Waals surface area contributed by atoms with Crippen molar-refractivity contribution < 1.29 is 9.52 Å². The second-order valence-corrected chi connectivity index (χ2v) is 2.32. The fourth-order valence-corrected chi connectivity index (χ4v) is 0.975. The minimum Gasteiger partial charge on any atom is -0.508 e. The van der Waals surface area contributed by atoms with Gasteiger partial charge in [-0.2, -0.15) is 4.98 Å². The number of nitrogens with one attached hydrogen (secondary N) is 1. The number of benzene rings is 1. The van der Waals surface area contributed by atoms with E-state index >= 15 is 0 Å². The van der Waals surface area contributed by atoms with Crippen LogP contribution in [-0.4, -0.2) is 10.1 Å². The fraction of sp³-hybridized carbons (Fsp3) is 0. The van der Waals surface area contributed by atoms with Crippen molar-refractivity contribution in [3.8, 4) is 5.75 Å². The molecule has 12 heavy (non-hydrogen) atoms. The number of nitrogen functional groups attached to an aromatic ring is 1. The Morgan fingerprint density at radius 3 is 3.08 bits per heavy atom. The van der Waals surface area contributed by atoms with Crippen LogP contribution in [0.1, 0.15) is 0 Å². The van der Waals surface area contributed by atoms with E-state index in [4.69, 9.17) is 15.4 Å². The van der Waals surface area contributed by atoms with Gasteiger partial charge in [-0.05, 0) is 12.1 Å². The molecule has 0 aliphatic carbocycles. The molecule has 0 aliphatic heterocycles. The van der Waals surface area contributed by atoms with Gasteiger partial charge in [0.25, 0.3) is 0 Å². The Balaban J connectivity index is 2.67. The molecule has 0 amide bonds. The summed E-state index contributed by atoms with van der Waals surface area (Å²) >= 11 is 0. The highest BCUT2D eigenvalue weighted by Crippen LogP contribution is 2.21. The molecule has 5 heteroatoms. The van der Waals surface area contributed by atoms with Crippen LogP contribution in [0.4, 0.5) is 6.01 Å². The van der Waals surface area contributed by atoms with Crippen LogP contribution in [0.5, 0.6) is 5.75 Å². The van der Waals surface area contributed by atoms with Crippen LogP contribution in [0.2, 0.25) is 0 Å². The lowest BCUT2D eigenvalue weighted by atomic mass is 10.3. The second kappa shape index (κ2) is 2.38. The number of phenolic OH excluding ortho intramolecular Hbond substituents is 1. The van der Waals surface area contributed by atoms with Crippen LogP contribution < -0.4 is 11.3 Å². The first-order valence-corrected chi connectivity index (χ1v) is 3.36. The van der Waals surface area contributed by atoms with E-state index < -0.39 is 0 Å². The van der Waals surface area contributed by atoms with Gasteiger partial charge in [0.2, 0.25) is 0 Å². The molecule has 2 aromatic rings. The zero-order valence-electron chi connectivity index (χ0n) is 6.11. The predicted octanol–water partition coefficient (Wildman–Crippen LogP) is 0.819. The number of hydrogen-bond donors (Lipinski definition) is 3. The number of phenols is 1. The summed E-state index contributed by atoms with van der Waals surface area (Å²) in [7, 11) is 0. The first-order chi connectivity index (χ1) is 5.79. The van der Waals surface area contributed by atoms with E-state index in [1.54, 1.807) is 6.07 Å². The van der Waals surface area contributed by atoms with E-state index in [9.17, 15) is 0 Å². The second-order valence-electron chi connectivity index (χ2n) is 2.32. The summed E-state index contributed by atoms with van der Waals surface area (Å²) in [5.74, 6) is 5.22. The van der Waals surface area contributed by atoms with Crippen molar-refractivity contribution in [2.75, 3.05) is 5.43 Å². The third kappa shape index (κ3) is 0.960. The Kier molecular flexibility index (Phi) is 1.38. The number of aromatic nitrogens is 1. The Bertz CT molecular complexity index is 410. The number of hydrogen-bond acceptors (Lipinski definition) is 5. The smallest absolute Gasteiger partial charge is 0.310 e. The quantitative estimate of drug-likeness (QED) is 0.430. The number of rotatable bonds is 1. The monoisotopic (exact) mass is 165 g/mol. The molecule has 5 nitrogen and oxygen atoms in total. The van der Waals surface area contributed by atoms with E-state index in [0.717, 1.165) is 0 Å². The maximum Gasteiger partial charge on any atom is 0.310 e. The van der Waals surface area contributed by atoms with Gasteiger partial charge in [0, 0.05) is 6.07 Å². The van der Waals surface area contributed by atoms with Crippen LogP contribution in [0, 0.1) is 0 Å². The first kappa shape index (κ1) is 6.93. The van der Waals surface area contributed by atoms with E-state index in [2.05, 4.69) is 10.4 Å². The van der Waals surface area contributed by atoms with Gasteiger partial charge in [-0.1, -0.05) is 0 Å². The topological polar surface area (TPSA) is 84.3 Å². The fourth-order valence-electron chi connectivity index (χ4n) is 0.975. The van der Waals surface area contributed by atoms with Gasteiger partial charge in [-0.25, -0.2) is 5.84 Å². The van der Waals surface area contributed by atoms with Gasteiger partial charge < -0.3 is 9.52 Å². The Labute approximate surface area is 67.8 Å². The summed E-state index contributed by atoms with van der Waals surface area (Å²) in [6, 6.07) is 4.89. The van der Waals surface area contributed by atoms with E-state index in [-0.39, 0.29) is 11.8 Å². The zero-order chi connectivity index (χ0) is 8.55. The van der Waals surface area contributed by atoms with Gasteiger partial charge in [-0.3, -0.25) is 5.43 Å². The average molecular weight is 165 g/mol. The maximum absolute atomic E-state index is 9.07. The number of hydrazine groups is 1. The molecule has 0 unspecified atom stereocenters. The van der Waals surface area contributed by atoms with Crippen LogP contribution in [0.3, 0.4) is 0 Å². The molecule has 4 N–H and O–H groups in total. The molecule has 1 aromatic carbocycles. The number of fused-ring (bicyclic) bond motifs is 1. The minimum atomic E-state index is 0.141. The zero-order valence-corrected chi connectivity index (χ0v) is 6.11. The van der Waals surface area contributed by atoms with Crippen molar-refractivity contribution in [3.63, 3.8) is 0 Å². The van der Waals surface area contributed by atoms with Crippen molar-refractivity contribution in [3.05, 3.63) is 18.2 Å². The lowest BCUT2D eigenvalue weighted by Crippen LogP contribution is -2.06. The van der Waals surface area contributed by atoms with Gasteiger partial charge in [0.05, 0.1) is 0 Å². The summed E-state index contributed by atoms with van der Waals surface area (Å²) in [5, 5.41) is 9.07. The molecule has 0 bridgehead atoms. The van der Waals surface area contributed by atoms with Crippen molar-refractivity contribution in [1.82, 2.24) is 4.98 Å². The lowest BCUT2D eigenvalue weighted by molar-refractivity contribution is 0.474. The minimum absolute atomic E-state index is 0.141. The number of nitrogens with zero attached hydrogens (tertiary/aromatic N) is 1. The molecule has 0 radical (unpaired) electrons. The Morgan fingerprint density at radius 2 is 2.33 bits per heavy atom. The summed E-state index contributed by atoms with van der Waals surface area (Å²) < 4.78 is 5.09. The van der Waals surface area contributed by atoms with Crippen LogP contribution in [-0.2, 0) is 0 Å². The van der Waals surface area contributed by atoms with Gasteiger partial charge in [0.1, 0.15) is 11.3 Å². The van der Waals surface area contributed by atoms with Crippen molar-refractivity contribution >= 4 is 17.1 Å². The molecule has 0 atom stereocenters. The van der Waals surface area contributed by atoms with Gasteiger partial charge >= 0.3 is 6.01 Å². The van der Waals surface area contributed by atoms with E-state index in [1.807, 2.05) is 0 Å². The Hall–Kier alpha value is -1.75. The number of anilines is 1. The number of oxazole rings is 1. The molecule has 62 valence electrons.